The Morgan fingerprint density at radius 3 is 2.55 bits per heavy atom. The van der Waals surface area contributed by atoms with E-state index in [9.17, 15) is 9.59 Å². The minimum Gasteiger partial charge on any atom is -0.373 e. The highest BCUT2D eigenvalue weighted by Gasteiger charge is 2.35. The first-order chi connectivity index (χ1) is 9.54. The summed E-state index contributed by atoms with van der Waals surface area (Å²) in [6.45, 7) is 0. The first-order valence-electron chi connectivity index (χ1n) is 6.31. The van der Waals surface area contributed by atoms with Gasteiger partial charge in [0.15, 0.2) is 0 Å². The largest absolute Gasteiger partial charge is 0.373 e. The van der Waals surface area contributed by atoms with Crippen LogP contribution in [0, 0.1) is 0 Å². The molecule has 0 aliphatic carbocycles. The second kappa shape index (κ2) is 4.90. The van der Waals surface area contributed by atoms with Crippen LogP contribution < -0.4 is 5.32 Å². The topological polar surface area (TPSA) is 49.4 Å². The lowest BCUT2D eigenvalue weighted by atomic mass is 10.1. The third-order valence-electron chi connectivity index (χ3n) is 3.52. The summed E-state index contributed by atoms with van der Waals surface area (Å²) in [6, 6.07) is 11.5. The molecule has 0 spiro atoms. The molecule has 1 aliphatic heterocycles. The molecule has 0 aromatic heterocycles. The third kappa shape index (κ3) is 2.29. The number of likely N-dealkylation sites (tertiary alicyclic amines) is 1. The summed E-state index contributed by atoms with van der Waals surface area (Å²) in [5.41, 5.74) is 0.848. The number of nitrogens with one attached hydrogen (secondary N) is 1. The number of halogens is 1. The summed E-state index contributed by atoms with van der Waals surface area (Å²) in [5, 5.41) is 5.34. The average Bonchev–Trinajstić information content (AvgIpc) is 2.66. The van der Waals surface area contributed by atoms with Crippen LogP contribution in [-0.4, -0.2) is 29.8 Å². The molecule has 1 fully saturated rings. The molecule has 102 valence electrons. The quantitative estimate of drug-likeness (QED) is 0.860. The Hall–Kier alpha value is -1.88. The van der Waals surface area contributed by atoms with E-state index in [0.717, 1.165) is 20.9 Å². The number of fused-ring (bicyclic) bond motifs is 1. The molecule has 1 atom stereocenters. The number of imide groups is 1. The zero-order valence-electron chi connectivity index (χ0n) is 10.9. The monoisotopic (exact) mass is 332 g/mol. The van der Waals surface area contributed by atoms with Crippen LogP contribution in [0.5, 0.6) is 0 Å². The smallest absolute Gasteiger partial charge is 0.251 e. The highest BCUT2D eigenvalue weighted by molar-refractivity contribution is 9.10. The number of likely N-dealkylation sites (N-methyl/N-ethyl adjacent to an activating group) is 1. The van der Waals surface area contributed by atoms with Gasteiger partial charge in [0.05, 0.1) is 6.42 Å². The van der Waals surface area contributed by atoms with Gasteiger partial charge < -0.3 is 5.32 Å². The normalized spacial score (nSPS) is 18.9. The molecule has 1 N–H and O–H groups in total. The summed E-state index contributed by atoms with van der Waals surface area (Å²) in [4.78, 5) is 24.5. The maximum absolute atomic E-state index is 11.9. The summed E-state index contributed by atoms with van der Waals surface area (Å²) in [6.07, 6.45) is 0.216. The van der Waals surface area contributed by atoms with Gasteiger partial charge in [-0.2, -0.15) is 0 Å². The Labute approximate surface area is 124 Å². The molecule has 0 saturated carbocycles. The zero-order chi connectivity index (χ0) is 14.3. The highest BCUT2D eigenvalue weighted by atomic mass is 79.9. The van der Waals surface area contributed by atoms with E-state index in [1.807, 2.05) is 36.4 Å². The Balaban J connectivity index is 1.87. The minimum absolute atomic E-state index is 0.141. The number of nitrogens with zero attached hydrogens (tertiary/aromatic N) is 1. The molecule has 1 unspecified atom stereocenters. The number of benzene rings is 2. The Kier molecular flexibility index (Phi) is 3.22. The molecule has 0 bridgehead atoms. The molecule has 3 rings (SSSR count). The van der Waals surface area contributed by atoms with Crippen LogP contribution in [0.4, 0.5) is 5.69 Å². The number of hydrogen-bond donors (Lipinski definition) is 1. The summed E-state index contributed by atoms with van der Waals surface area (Å²) < 4.78 is 1.03. The predicted octanol–water partition coefficient (Wildman–Crippen LogP) is 2.77. The first kappa shape index (κ1) is 13.1. The molecule has 0 radical (unpaired) electrons. The van der Waals surface area contributed by atoms with Crippen molar-refractivity contribution in [2.24, 2.45) is 0 Å². The number of carbonyl (C=O) groups excluding carboxylic acids is 2. The van der Waals surface area contributed by atoms with Gasteiger partial charge in [0.25, 0.3) is 5.91 Å². The fourth-order valence-corrected chi connectivity index (χ4v) is 2.75. The molecule has 2 aromatic rings. The second-order valence-corrected chi connectivity index (χ2v) is 5.81. The van der Waals surface area contributed by atoms with Gasteiger partial charge in [-0.3, -0.25) is 14.5 Å². The van der Waals surface area contributed by atoms with Gasteiger partial charge in [0.1, 0.15) is 6.04 Å². The van der Waals surface area contributed by atoms with Crippen LogP contribution in [0.15, 0.2) is 40.9 Å². The van der Waals surface area contributed by atoms with Gasteiger partial charge >= 0.3 is 0 Å². The van der Waals surface area contributed by atoms with Crippen molar-refractivity contribution >= 4 is 44.2 Å². The van der Waals surface area contributed by atoms with Crippen LogP contribution >= 0.6 is 15.9 Å². The van der Waals surface area contributed by atoms with E-state index in [2.05, 4.69) is 21.2 Å². The molecular weight excluding hydrogens is 320 g/mol. The molecule has 1 aliphatic rings. The number of amides is 2. The molecular formula is C15H13BrN2O2. The lowest BCUT2D eigenvalue weighted by molar-refractivity contribution is -0.136. The molecule has 2 amide bonds. The standard InChI is InChI=1S/C15H13BrN2O2/c1-18-14(19)8-13(15(18)20)17-12-5-3-9-6-11(16)4-2-10(9)7-12/h2-7,13,17H,8H2,1H3. The maximum Gasteiger partial charge on any atom is 0.251 e. The molecule has 20 heavy (non-hydrogen) atoms. The molecule has 1 heterocycles. The third-order valence-corrected chi connectivity index (χ3v) is 4.02. The van der Waals surface area contributed by atoms with Crippen molar-refractivity contribution in [2.75, 3.05) is 12.4 Å². The Morgan fingerprint density at radius 2 is 1.85 bits per heavy atom. The number of carbonyl (C=O) groups is 2. The van der Waals surface area contributed by atoms with Crippen LogP contribution in [0.3, 0.4) is 0 Å². The van der Waals surface area contributed by atoms with Gasteiger partial charge in [-0.1, -0.05) is 28.1 Å². The van der Waals surface area contributed by atoms with E-state index in [0.29, 0.717) is 0 Å². The summed E-state index contributed by atoms with van der Waals surface area (Å²) in [5.74, 6) is -0.317. The lowest BCUT2D eigenvalue weighted by Gasteiger charge is -2.13. The van der Waals surface area contributed by atoms with Crippen molar-refractivity contribution in [1.29, 1.82) is 0 Å². The van der Waals surface area contributed by atoms with Crippen LogP contribution in [-0.2, 0) is 9.59 Å². The first-order valence-corrected chi connectivity index (χ1v) is 7.10. The number of rotatable bonds is 2. The second-order valence-electron chi connectivity index (χ2n) is 4.90. The van der Waals surface area contributed by atoms with Crippen molar-refractivity contribution in [3.63, 3.8) is 0 Å². The average molecular weight is 333 g/mol. The van der Waals surface area contributed by atoms with Crippen molar-refractivity contribution in [3.05, 3.63) is 40.9 Å². The number of anilines is 1. The van der Waals surface area contributed by atoms with Crippen LogP contribution in [0.2, 0.25) is 0 Å². The van der Waals surface area contributed by atoms with Gasteiger partial charge in [0.2, 0.25) is 5.91 Å². The van der Waals surface area contributed by atoms with E-state index in [4.69, 9.17) is 0 Å². The molecule has 5 heteroatoms. The highest BCUT2D eigenvalue weighted by Crippen LogP contribution is 2.24. The van der Waals surface area contributed by atoms with Gasteiger partial charge in [-0.05, 0) is 35.0 Å². The van der Waals surface area contributed by atoms with E-state index in [1.54, 1.807) is 0 Å². The van der Waals surface area contributed by atoms with Crippen molar-refractivity contribution in [1.82, 2.24) is 4.90 Å². The minimum atomic E-state index is -0.458. The zero-order valence-corrected chi connectivity index (χ0v) is 12.5. The predicted molar refractivity (Wildman–Crippen MR) is 81.5 cm³/mol. The summed E-state index contributed by atoms with van der Waals surface area (Å²) in [7, 11) is 1.52. The van der Waals surface area contributed by atoms with E-state index in [-0.39, 0.29) is 18.2 Å². The lowest BCUT2D eigenvalue weighted by Crippen LogP contribution is -2.31. The van der Waals surface area contributed by atoms with E-state index in [1.165, 1.54) is 11.9 Å². The van der Waals surface area contributed by atoms with E-state index >= 15 is 0 Å². The molecule has 2 aromatic carbocycles. The maximum atomic E-state index is 11.9. The van der Waals surface area contributed by atoms with Crippen molar-refractivity contribution in [2.45, 2.75) is 12.5 Å². The van der Waals surface area contributed by atoms with E-state index < -0.39 is 6.04 Å². The number of hydrogen-bond acceptors (Lipinski definition) is 3. The SMILES string of the molecule is CN1C(=O)CC(Nc2ccc3cc(Br)ccc3c2)C1=O. The fourth-order valence-electron chi connectivity index (χ4n) is 2.38. The van der Waals surface area contributed by atoms with Gasteiger partial charge in [0, 0.05) is 17.2 Å². The van der Waals surface area contributed by atoms with Crippen molar-refractivity contribution in [3.8, 4) is 0 Å². The summed E-state index contributed by atoms with van der Waals surface area (Å²) >= 11 is 3.44. The van der Waals surface area contributed by atoms with Gasteiger partial charge in [-0.15, -0.1) is 0 Å². The molecule has 1 saturated heterocycles. The molecule has 4 nitrogen and oxygen atoms in total. The Bertz CT molecular complexity index is 714. The van der Waals surface area contributed by atoms with Crippen LogP contribution in [0.1, 0.15) is 6.42 Å². The van der Waals surface area contributed by atoms with Gasteiger partial charge in [-0.25, -0.2) is 0 Å². The van der Waals surface area contributed by atoms with Crippen LogP contribution in [0.25, 0.3) is 10.8 Å². The fraction of sp³-hybridized carbons (Fsp3) is 0.200. The Morgan fingerprint density at radius 1 is 1.15 bits per heavy atom. The van der Waals surface area contributed by atoms with Crippen molar-refractivity contribution < 1.29 is 9.59 Å².